The summed E-state index contributed by atoms with van der Waals surface area (Å²) in [7, 11) is 1.47. The van der Waals surface area contributed by atoms with Crippen molar-refractivity contribution in [1.82, 2.24) is 24.5 Å². The zero-order valence-corrected chi connectivity index (χ0v) is 17.9. The number of imidazole rings is 1. The van der Waals surface area contributed by atoms with Crippen molar-refractivity contribution in [1.29, 1.82) is 0 Å². The minimum atomic E-state index is -0.499. The van der Waals surface area contributed by atoms with E-state index in [2.05, 4.69) is 19.9 Å². The Balaban J connectivity index is 1.85. The van der Waals surface area contributed by atoms with Crippen LogP contribution in [0.3, 0.4) is 0 Å². The van der Waals surface area contributed by atoms with Crippen molar-refractivity contribution < 1.29 is 17.7 Å². The molecule has 0 radical (unpaired) electrons. The fourth-order valence-electron chi connectivity index (χ4n) is 3.21. The van der Waals surface area contributed by atoms with E-state index in [4.69, 9.17) is 8.92 Å². The second-order valence-electron chi connectivity index (χ2n) is 6.74. The van der Waals surface area contributed by atoms with Crippen LogP contribution in [0.15, 0.2) is 36.7 Å². The van der Waals surface area contributed by atoms with Gasteiger partial charge in [0, 0.05) is 23.6 Å². The van der Waals surface area contributed by atoms with E-state index < -0.39 is 5.82 Å². The van der Waals surface area contributed by atoms with E-state index in [-0.39, 0.29) is 18.4 Å². The SMILES string of the molecule is COc1nc(C)c2nc(-c3cncc(F)c3)n(Cc3ccc(COSC)cc3F)c2n1. The number of halogens is 2. The molecule has 0 atom stereocenters. The molecule has 3 heterocycles. The van der Waals surface area contributed by atoms with Gasteiger partial charge in [0.05, 0.1) is 32.2 Å². The Morgan fingerprint density at radius 3 is 2.65 bits per heavy atom. The van der Waals surface area contributed by atoms with E-state index in [1.54, 1.807) is 29.9 Å². The molecule has 160 valence electrons. The third kappa shape index (κ3) is 4.35. The number of hydrogen-bond donors (Lipinski definition) is 0. The molecule has 4 rings (SSSR count). The number of fused-ring (bicyclic) bond motifs is 1. The quantitative estimate of drug-likeness (QED) is 0.394. The van der Waals surface area contributed by atoms with Crippen LogP contribution >= 0.6 is 12.0 Å². The predicted octanol–water partition coefficient (Wildman–Crippen LogP) is 4.33. The number of ether oxygens (including phenoxy) is 1. The van der Waals surface area contributed by atoms with Crippen LogP contribution in [0.2, 0.25) is 0 Å². The van der Waals surface area contributed by atoms with Gasteiger partial charge in [-0.2, -0.15) is 9.97 Å². The number of aromatic nitrogens is 5. The molecule has 10 heteroatoms. The lowest BCUT2D eigenvalue weighted by molar-refractivity contribution is 0.364. The Hall–Kier alpha value is -3.11. The summed E-state index contributed by atoms with van der Waals surface area (Å²) in [6, 6.07) is 6.43. The molecule has 1 aromatic carbocycles. The van der Waals surface area contributed by atoms with Gasteiger partial charge in [0.25, 0.3) is 0 Å². The number of benzene rings is 1. The van der Waals surface area contributed by atoms with Crippen LogP contribution in [0.5, 0.6) is 6.01 Å². The molecular weight excluding hydrogens is 424 g/mol. The van der Waals surface area contributed by atoms with Gasteiger partial charge in [-0.3, -0.25) is 4.98 Å². The average molecular weight is 443 g/mol. The molecule has 0 aliphatic carbocycles. The maximum Gasteiger partial charge on any atom is 0.318 e. The Labute approximate surface area is 181 Å². The van der Waals surface area contributed by atoms with Gasteiger partial charge in [-0.1, -0.05) is 12.1 Å². The molecular formula is C21H19F2N5O2S. The van der Waals surface area contributed by atoms with Crippen LogP contribution in [0.4, 0.5) is 8.78 Å². The number of hydrogen-bond acceptors (Lipinski definition) is 7. The van der Waals surface area contributed by atoms with Crippen molar-refractivity contribution in [3.8, 4) is 17.4 Å². The zero-order valence-electron chi connectivity index (χ0n) is 17.1. The minimum Gasteiger partial charge on any atom is -0.467 e. The molecule has 0 N–H and O–H groups in total. The van der Waals surface area contributed by atoms with Crippen molar-refractivity contribution in [2.45, 2.75) is 20.1 Å². The summed E-state index contributed by atoms with van der Waals surface area (Å²) in [4.78, 5) is 17.2. The van der Waals surface area contributed by atoms with Gasteiger partial charge in [-0.25, -0.2) is 13.8 Å². The van der Waals surface area contributed by atoms with Crippen LogP contribution in [0.1, 0.15) is 16.8 Å². The fraction of sp³-hybridized carbons (Fsp3) is 0.238. The third-order valence-corrected chi connectivity index (χ3v) is 5.04. The lowest BCUT2D eigenvalue weighted by Gasteiger charge is -2.11. The maximum atomic E-state index is 14.9. The Kier molecular flexibility index (Phi) is 6.10. The monoisotopic (exact) mass is 443 g/mol. The Morgan fingerprint density at radius 2 is 1.94 bits per heavy atom. The van der Waals surface area contributed by atoms with Gasteiger partial charge in [0.2, 0.25) is 0 Å². The summed E-state index contributed by atoms with van der Waals surface area (Å²) < 4.78 is 40.9. The molecule has 4 aromatic rings. The molecule has 0 bridgehead atoms. The molecule has 0 saturated carbocycles. The molecule has 3 aromatic heterocycles. The number of methoxy groups -OCH3 is 1. The first-order valence-corrected chi connectivity index (χ1v) is 10.5. The van der Waals surface area contributed by atoms with Gasteiger partial charge in [-0.15, -0.1) is 0 Å². The van der Waals surface area contributed by atoms with Gasteiger partial charge in [0.15, 0.2) is 5.65 Å². The summed E-state index contributed by atoms with van der Waals surface area (Å²) in [6.45, 7) is 2.20. The Bertz CT molecular complexity index is 1250. The topological polar surface area (TPSA) is 75.0 Å². The Morgan fingerprint density at radius 1 is 1.10 bits per heavy atom. The van der Waals surface area contributed by atoms with E-state index in [1.807, 2.05) is 0 Å². The van der Waals surface area contributed by atoms with Crippen LogP contribution in [-0.4, -0.2) is 37.9 Å². The number of pyridine rings is 1. The van der Waals surface area contributed by atoms with Gasteiger partial charge >= 0.3 is 6.01 Å². The van der Waals surface area contributed by atoms with Gasteiger partial charge < -0.3 is 13.5 Å². The fourth-order valence-corrected chi connectivity index (χ4v) is 3.47. The largest absolute Gasteiger partial charge is 0.467 e. The van der Waals surface area contributed by atoms with E-state index in [1.165, 1.54) is 37.5 Å². The zero-order chi connectivity index (χ0) is 22.0. The van der Waals surface area contributed by atoms with E-state index in [9.17, 15) is 8.78 Å². The van der Waals surface area contributed by atoms with Crippen molar-refractivity contribution in [2.75, 3.05) is 13.4 Å². The smallest absolute Gasteiger partial charge is 0.318 e. The van der Waals surface area contributed by atoms with Gasteiger partial charge in [-0.05, 0) is 36.7 Å². The molecule has 0 aliphatic heterocycles. The molecule has 7 nitrogen and oxygen atoms in total. The molecule has 0 unspecified atom stereocenters. The standard InChI is InChI=1S/C21H19F2N5O2S/c1-12-18-20(27-21(25-12)29-2)28(19(26-18)15-7-16(22)9-24-8-15)10-14-5-4-13(6-17(14)23)11-30-31-3/h4-9H,10-11H2,1-3H3. The highest BCUT2D eigenvalue weighted by molar-refractivity contribution is 7.93. The van der Waals surface area contributed by atoms with E-state index >= 15 is 0 Å². The van der Waals surface area contributed by atoms with Crippen LogP contribution in [-0.2, 0) is 17.3 Å². The molecule has 0 amide bonds. The van der Waals surface area contributed by atoms with Crippen molar-refractivity contribution in [2.24, 2.45) is 0 Å². The lowest BCUT2D eigenvalue weighted by Crippen LogP contribution is -2.07. The normalized spacial score (nSPS) is 11.3. The summed E-state index contributed by atoms with van der Waals surface area (Å²) in [5.74, 6) is -0.479. The summed E-state index contributed by atoms with van der Waals surface area (Å²) in [5.41, 5.74) is 3.16. The summed E-state index contributed by atoms with van der Waals surface area (Å²) in [5, 5.41) is 0. The molecule has 31 heavy (non-hydrogen) atoms. The molecule has 0 saturated heterocycles. The minimum absolute atomic E-state index is 0.122. The number of aryl methyl sites for hydroxylation is 1. The maximum absolute atomic E-state index is 14.9. The van der Waals surface area contributed by atoms with Gasteiger partial charge in [0.1, 0.15) is 23.0 Å². The lowest BCUT2D eigenvalue weighted by atomic mass is 10.1. The van der Waals surface area contributed by atoms with Crippen LogP contribution < -0.4 is 4.74 Å². The van der Waals surface area contributed by atoms with Crippen molar-refractivity contribution >= 4 is 23.2 Å². The highest BCUT2D eigenvalue weighted by Crippen LogP contribution is 2.28. The molecule has 0 aliphatic rings. The number of nitrogens with zero attached hydrogens (tertiary/aromatic N) is 5. The summed E-state index contributed by atoms with van der Waals surface area (Å²) >= 11 is 1.22. The summed E-state index contributed by atoms with van der Waals surface area (Å²) in [6.07, 6.45) is 4.41. The average Bonchev–Trinajstić information content (AvgIpc) is 3.12. The van der Waals surface area contributed by atoms with Crippen LogP contribution in [0.25, 0.3) is 22.6 Å². The first-order chi connectivity index (χ1) is 15.0. The molecule has 0 fully saturated rings. The first-order valence-electron chi connectivity index (χ1n) is 9.33. The van der Waals surface area contributed by atoms with E-state index in [0.29, 0.717) is 40.4 Å². The number of rotatable bonds is 7. The first kappa shape index (κ1) is 21.1. The second-order valence-corrected chi connectivity index (χ2v) is 7.30. The highest BCUT2D eigenvalue weighted by atomic mass is 32.2. The van der Waals surface area contributed by atoms with Crippen LogP contribution in [0, 0.1) is 18.6 Å². The highest BCUT2D eigenvalue weighted by Gasteiger charge is 2.20. The van der Waals surface area contributed by atoms with Crippen molar-refractivity contribution in [3.63, 3.8) is 0 Å². The second kappa shape index (κ2) is 8.94. The van der Waals surface area contributed by atoms with E-state index in [0.717, 1.165) is 11.8 Å². The van der Waals surface area contributed by atoms with Crippen molar-refractivity contribution in [3.05, 3.63) is 65.1 Å². The predicted molar refractivity (Wildman–Crippen MR) is 114 cm³/mol. The molecule has 0 spiro atoms. The third-order valence-electron chi connectivity index (χ3n) is 4.68.